The van der Waals surface area contributed by atoms with E-state index in [1.165, 1.54) is 6.26 Å². The van der Waals surface area contributed by atoms with E-state index < -0.39 is 28.5 Å². The summed E-state index contributed by atoms with van der Waals surface area (Å²) >= 11 is 12.1. The molecule has 142 valence electrons. The zero-order valence-corrected chi connectivity index (χ0v) is 16.5. The lowest BCUT2D eigenvalue weighted by Crippen LogP contribution is -2.16. The standard InChI is InChI=1S/C17H14Cl2F2N4OS/c1-8-17(27(2)26)25-16(23-8)14(9-3-4-11(18)12(19)5-9)24-15-13(21)6-10(20)7-22-15/h3-7,14H,1-2H3,(H,22,24)(H,23,25)/t14-,27-/m1/s1. The average Bonchev–Trinajstić information content (AvgIpc) is 2.98. The van der Waals surface area contributed by atoms with Gasteiger partial charge in [-0.1, -0.05) is 29.3 Å². The minimum absolute atomic E-state index is 0.166. The van der Waals surface area contributed by atoms with Crippen molar-refractivity contribution in [2.45, 2.75) is 18.0 Å². The predicted octanol–water partition coefficient (Wildman–Crippen LogP) is 4.64. The molecule has 0 spiro atoms. The third kappa shape index (κ3) is 4.28. The minimum atomic E-state index is -1.31. The molecule has 0 amide bonds. The SMILES string of the molecule is Cc1[nH]c([C@H](Nc2ncc(F)cc2F)c2ccc(Cl)c(Cl)c2)nc1[S@@](C)=O. The Morgan fingerprint density at radius 1 is 1.22 bits per heavy atom. The summed E-state index contributed by atoms with van der Waals surface area (Å²) in [5.74, 6) is -1.44. The van der Waals surface area contributed by atoms with Crippen molar-refractivity contribution in [1.82, 2.24) is 15.0 Å². The van der Waals surface area contributed by atoms with E-state index in [9.17, 15) is 13.0 Å². The van der Waals surface area contributed by atoms with Crippen LogP contribution in [0.4, 0.5) is 14.6 Å². The maximum atomic E-state index is 14.1. The Morgan fingerprint density at radius 2 is 1.96 bits per heavy atom. The largest absolute Gasteiger partial charge is 0.354 e. The fourth-order valence-electron chi connectivity index (χ4n) is 2.54. The van der Waals surface area contributed by atoms with Crippen molar-refractivity contribution in [3.63, 3.8) is 0 Å². The normalized spacial score (nSPS) is 13.4. The quantitative estimate of drug-likeness (QED) is 0.618. The number of aromatic nitrogens is 3. The number of anilines is 1. The summed E-state index contributed by atoms with van der Waals surface area (Å²) in [5.41, 5.74) is 1.22. The van der Waals surface area contributed by atoms with Crippen molar-refractivity contribution in [3.8, 4) is 0 Å². The van der Waals surface area contributed by atoms with E-state index in [0.29, 0.717) is 32.2 Å². The fourth-order valence-corrected chi connectivity index (χ4v) is 3.56. The van der Waals surface area contributed by atoms with E-state index in [4.69, 9.17) is 23.2 Å². The van der Waals surface area contributed by atoms with E-state index in [-0.39, 0.29) is 5.82 Å². The van der Waals surface area contributed by atoms with Crippen LogP contribution in [0.3, 0.4) is 0 Å². The number of benzene rings is 1. The summed E-state index contributed by atoms with van der Waals surface area (Å²) in [6.07, 6.45) is 2.41. The van der Waals surface area contributed by atoms with Gasteiger partial charge < -0.3 is 10.3 Å². The summed E-state index contributed by atoms with van der Waals surface area (Å²) in [6.45, 7) is 1.73. The highest BCUT2D eigenvalue weighted by Gasteiger charge is 2.23. The van der Waals surface area contributed by atoms with Crippen molar-refractivity contribution < 1.29 is 13.0 Å². The highest BCUT2D eigenvalue weighted by molar-refractivity contribution is 7.84. The summed E-state index contributed by atoms with van der Waals surface area (Å²) in [7, 11) is -1.31. The van der Waals surface area contributed by atoms with Crippen molar-refractivity contribution in [2.24, 2.45) is 0 Å². The van der Waals surface area contributed by atoms with Gasteiger partial charge in [0.25, 0.3) is 0 Å². The number of imidazole rings is 1. The summed E-state index contributed by atoms with van der Waals surface area (Å²) < 4.78 is 39.1. The number of hydrogen-bond acceptors (Lipinski definition) is 4. The molecule has 0 unspecified atom stereocenters. The molecule has 3 rings (SSSR count). The highest BCUT2D eigenvalue weighted by atomic mass is 35.5. The molecule has 0 saturated heterocycles. The first-order chi connectivity index (χ1) is 12.8. The maximum absolute atomic E-state index is 14.1. The molecule has 2 aromatic heterocycles. The highest BCUT2D eigenvalue weighted by Crippen LogP contribution is 2.31. The van der Waals surface area contributed by atoms with Crippen LogP contribution in [0.25, 0.3) is 0 Å². The zero-order valence-electron chi connectivity index (χ0n) is 14.2. The fraction of sp³-hybridized carbons (Fsp3) is 0.176. The zero-order chi connectivity index (χ0) is 19.7. The molecule has 3 aromatic rings. The van der Waals surface area contributed by atoms with Crippen molar-refractivity contribution in [3.05, 3.63) is 69.2 Å². The van der Waals surface area contributed by atoms with Crippen molar-refractivity contribution in [1.29, 1.82) is 0 Å². The molecule has 2 heterocycles. The molecule has 5 nitrogen and oxygen atoms in total. The Morgan fingerprint density at radius 3 is 2.56 bits per heavy atom. The van der Waals surface area contributed by atoms with Gasteiger partial charge in [0.2, 0.25) is 0 Å². The lowest BCUT2D eigenvalue weighted by atomic mass is 10.1. The molecule has 0 aliphatic heterocycles. The van der Waals surface area contributed by atoms with Gasteiger partial charge in [-0.2, -0.15) is 0 Å². The number of rotatable bonds is 5. The number of aryl methyl sites for hydroxylation is 1. The molecule has 0 aliphatic rings. The third-order valence-electron chi connectivity index (χ3n) is 3.77. The van der Waals surface area contributed by atoms with Crippen LogP contribution in [-0.4, -0.2) is 25.4 Å². The van der Waals surface area contributed by atoms with Crippen LogP contribution in [0.2, 0.25) is 10.0 Å². The van der Waals surface area contributed by atoms with Gasteiger partial charge in [0.15, 0.2) is 11.6 Å². The second-order valence-corrected chi connectivity index (χ2v) is 7.85. The summed E-state index contributed by atoms with van der Waals surface area (Å²) in [4.78, 5) is 11.2. The molecule has 0 radical (unpaired) electrons. The van der Waals surface area contributed by atoms with E-state index in [1.54, 1.807) is 25.1 Å². The lowest BCUT2D eigenvalue weighted by Gasteiger charge is -2.19. The first-order valence-electron chi connectivity index (χ1n) is 7.68. The van der Waals surface area contributed by atoms with Gasteiger partial charge in [-0.25, -0.2) is 18.7 Å². The van der Waals surface area contributed by atoms with E-state index >= 15 is 0 Å². The smallest absolute Gasteiger partial charge is 0.168 e. The number of nitrogens with zero attached hydrogens (tertiary/aromatic N) is 2. The number of nitrogens with one attached hydrogen (secondary N) is 2. The van der Waals surface area contributed by atoms with Gasteiger partial charge in [-0.3, -0.25) is 4.21 Å². The monoisotopic (exact) mass is 430 g/mol. The number of halogens is 4. The number of H-pyrrole nitrogens is 1. The summed E-state index contributed by atoms with van der Waals surface area (Å²) in [5, 5.41) is 3.92. The Balaban J connectivity index is 2.09. The van der Waals surface area contributed by atoms with Crippen LogP contribution < -0.4 is 5.32 Å². The second-order valence-electron chi connectivity index (χ2n) is 5.74. The van der Waals surface area contributed by atoms with Crippen molar-refractivity contribution in [2.75, 3.05) is 11.6 Å². The third-order valence-corrected chi connectivity index (χ3v) is 5.45. The molecule has 0 saturated carbocycles. The van der Waals surface area contributed by atoms with Gasteiger partial charge in [0.1, 0.15) is 22.7 Å². The number of hydrogen-bond donors (Lipinski definition) is 2. The minimum Gasteiger partial charge on any atom is -0.354 e. The Kier molecular flexibility index (Phi) is 5.78. The van der Waals surface area contributed by atoms with Crippen LogP contribution in [0.1, 0.15) is 23.1 Å². The van der Waals surface area contributed by atoms with Crippen LogP contribution in [-0.2, 0) is 10.8 Å². The number of pyridine rings is 1. The number of aromatic amines is 1. The first-order valence-corrected chi connectivity index (χ1v) is 10.00. The van der Waals surface area contributed by atoms with E-state index in [1.807, 2.05) is 0 Å². The lowest BCUT2D eigenvalue weighted by molar-refractivity contribution is 0.574. The second kappa shape index (κ2) is 7.92. The van der Waals surface area contributed by atoms with Crippen LogP contribution in [0.15, 0.2) is 35.5 Å². The molecule has 1 aromatic carbocycles. The maximum Gasteiger partial charge on any atom is 0.168 e. The van der Waals surface area contributed by atoms with E-state index in [2.05, 4.69) is 20.3 Å². The predicted molar refractivity (Wildman–Crippen MR) is 102 cm³/mol. The van der Waals surface area contributed by atoms with Crippen molar-refractivity contribution >= 4 is 39.8 Å². The van der Waals surface area contributed by atoms with Crippen LogP contribution in [0.5, 0.6) is 0 Å². The Labute approximate surface area is 166 Å². The molecule has 10 heteroatoms. The molecule has 2 N–H and O–H groups in total. The van der Waals surface area contributed by atoms with E-state index in [0.717, 1.165) is 12.3 Å². The molecule has 2 atom stereocenters. The van der Waals surface area contributed by atoms with Gasteiger partial charge in [0.05, 0.1) is 27.0 Å². The summed E-state index contributed by atoms with van der Waals surface area (Å²) in [6, 6.07) is 4.89. The van der Waals surface area contributed by atoms with Gasteiger partial charge in [-0.15, -0.1) is 0 Å². The molecule has 27 heavy (non-hydrogen) atoms. The van der Waals surface area contributed by atoms with Crippen LogP contribution >= 0.6 is 23.2 Å². The molecular weight excluding hydrogens is 417 g/mol. The average molecular weight is 431 g/mol. The van der Waals surface area contributed by atoms with Gasteiger partial charge in [0, 0.05) is 18.0 Å². The first kappa shape index (κ1) is 19.7. The van der Waals surface area contributed by atoms with Gasteiger partial charge >= 0.3 is 0 Å². The molecule has 0 aliphatic carbocycles. The molecule has 0 bridgehead atoms. The molecule has 0 fully saturated rings. The topological polar surface area (TPSA) is 70.7 Å². The van der Waals surface area contributed by atoms with Crippen LogP contribution in [0, 0.1) is 18.6 Å². The van der Waals surface area contributed by atoms with Gasteiger partial charge in [-0.05, 0) is 24.6 Å². The molecular formula is C17H14Cl2F2N4OS. The Hall–Kier alpha value is -2.03. The Bertz CT molecular complexity index is 1030.